The molecule has 0 aromatic heterocycles. The molecule has 1 aliphatic carbocycles. The Morgan fingerprint density at radius 2 is 1.90 bits per heavy atom. The molecule has 1 fully saturated rings. The molecule has 1 aromatic carbocycles. The molecule has 0 heterocycles. The van der Waals surface area contributed by atoms with Gasteiger partial charge in [-0.25, -0.2) is 0 Å². The summed E-state index contributed by atoms with van der Waals surface area (Å²) in [7, 11) is 1.95. The molecule has 3 heteroatoms. The lowest BCUT2D eigenvalue weighted by Crippen LogP contribution is -2.38. The molecule has 110 valence electrons. The molecule has 1 aromatic rings. The van der Waals surface area contributed by atoms with E-state index >= 15 is 0 Å². The minimum Gasteiger partial charge on any atom is -0.343 e. The summed E-state index contributed by atoms with van der Waals surface area (Å²) in [6.07, 6.45) is 7.41. The topological polar surface area (TPSA) is 46.3 Å². The molecule has 1 aliphatic rings. The lowest BCUT2D eigenvalue weighted by atomic mass is 9.94. The smallest absolute Gasteiger partial charge is 0.222 e. The van der Waals surface area contributed by atoms with Crippen molar-refractivity contribution in [3.05, 3.63) is 35.9 Å². The summed E-state index contributed by atoms with van der Waals surface area (Å²) in [5.74, 6) is 0.239. The van der Waals surface area contributed by atoms with Crippen LogP contribution in [-0.4, -0.2) is 23.9 Å². The van der Waals surface area contributed by atoms with Crippen molar-refractivity contribution in [2.24, 2.45) is 5.73 Å². The summed E-state index contributed by atoms with van der Waals surface area (Å²) in [5, 5.41) is 0. The number of carbonyl (C=O) groups is 1. The van der Waals surface area contributed by atoms with Crippen LogP contribution >= 0.6 is 0 Å². The maximum absolute atomic E-state index is 12.2. The molecule has 1 atom stereocenters. The van der Waals surface area contributed by atoms with Crippen molar-refractivity contribution >= 4 is 5.91 Å². The molecule has 2 N–H and O–H groups in total. The second-order valence-corrected chi connectivity index (χ2v) is 5.85. The second kappa shape index (κ2) is 7.44. The highest BCUT2D eigenvalue weighted by molar-refractivity contribution is 5.76. The summed E-state index contributed by atoms with van der Waals surface area (Å²) >= 11 is 0. The van der Waals surface area contributed by atoms with Gasteiger partial charge in [0.1, 0.15) is 0 Å². The predicted octanol–water partition coefficient (Wildman–Crippen LogP) is 3.26. The molecular weight excluding hydrogens is 248 g/mol. The lowest BCUT2D eigenvalue weighted by Gasteiger charge is -2.31. The first kappa shape index (κ1) is 15.0. The van der Waals surface area contributed by atoms with Crippen molar-refractivity contribution in [2.45, 2.75) is 57.0 Å². The average Bonchev–Trinajstić information content (AvgIpc) is 2.53. The van der Waals surface area contributed by atoms with Gasteiger partial charge in [0.25, 0.3) is 0 Å². The van der Waals surface area contributed by atoms with Gasteiger partial charge in [-0.1, -0.05) is 49.6 Å². The molecular formula is C17H26N2O. The number of rotatable bonds is 5. The minimum absolute atomic E-state index is 0.0418. The van der Waals surface area contributed by atoms with E-state index in [4.69, 9.17) is 5.73 Å². The Bertz CT molecular complexity index is 412. The molecule has 0 bridgehead atoms. The Morgan fingerprint density at radius 1 is 1.25 bits per heavy atom. The molecule has 1 unspecified atom stereocenters. The zero-order chi connectivity index (χ0) is 14.4. The Hall–Kier alpha value is -1.35. The van der Waals surface area contributed by atoms with Crippen molar-refractivity contribution < 1.29 is 4.79 Å². The van der Waals surface area contributed by atoms with Crippen molar-refractivity contribution in [1.82, 2.24) is 4.90 Å². The van der Waals surface area contributed by atoms with E-state index in [0.29, 0.717) is 12.5 Å². The molecule has 0 aliphatic heterocycles. The number of hydrogen-bond acceptors (Lipinski definition) is 2. The first-order valence-electron chi connectivity index (χ1n) is 7.74. The largest absolute Gasteiger partial charge is 0.343 e. The molecule has 0 saturated heterocycles. The summed E-state index contributed by atoms with van der Waals surface area (Å²) in [5.41, 5.74) is 7.26. The zero-order valence-electron chi connectivity index (χ0n) is 12.4. The maximum Gasteiger partial charge on any atom is 0.222 e. The van der Waals surface area contributed by atoms with Gasteiger partial charge in [0.05, 0.1) is 0 Å². The van der Waals surface area contributed by atoms with E-state index in [0.717, 1.165) is 24.8 Å². The van der Waals surface area contributed by atoms with Gasteiger partial charge in [-0.2, -0.15) is 0 Å². The maximum atomic E-state index is 12.2. The number of carbonyl (C=O) groups excluding carboxylic acids is 1. The van der Waals surface area contributed by atoms with Crippen molar-refractivity contribution in [3.8, 4) is 0 Å². The van der Waals surface area contributed by atoms with E-state index in [1.165, 1.54) is 19.3 Å². The predicted molar refractivity (Wildman–Crippen MR) is 82.2 cm³/mol. The fourth-order valence-corrected chi connectivity index (χ4v) is 2.99. The average molecular weight is 274 g/mol. The van der Waals surface area contributed by atoms with Gasteiger partial charge in [-0.3, -0.25) is 4.79 Å². The standard InChI is InChI=1S/C17H26N2O/c1-19(15-10-6-3-7-11-15)17(20)13-12-16(18)14-8-4-2-5-9-14/h2,4-5,8-9,15-16H,3,6-7,10-13,18H2,1H3. The Kier molecular flexibility index (Phi) is 5.60. The highest BCUT2D eigenvalue weighted by Crippen LogP contribution is 2.23. The third-order valence-electron chi connectivity index (χ3n) is 4.41. The molecule has 20 heavy (non-hydrogen) atoms. The Balaban J connectivity index is 1.79. The molecule has 0 radical (unpaired) electrons. The second-order valence-electron chi connectivity index (χ2n) is 5.85. The van der Waals surface area contributed by atoms with Gasteiger partial charge >= 0.3 is 0 Å². The summed E-state index contributed by atoms with van der Waals surface area (Å²) in [6, 6.07) is 10.4. The van der Waals surface area contributed by atoms with E-state index in [2.05, 4.69) is 0 Å². The minimum atomic E-state index is -0.0418. The van der Waals surface area contributed by atoms with E-state index in [-0.39, 0.29) is 11.9 Å². The van der Waals surface area contributed by atoms with E-state index in [1.807, 2.05) is 42.3 Å². The Morgan fingerprint density at radius 3 is 2.55 bits per heavy atom. The highest BCUT2D eigenvalue weighted by atomic mass is 16.2. The molecule has 2 rings (SSSR count). The van der Waals surface area contributed by atoms with Crippen molar-refractivity contribution in [3.63, 3.8) is 0 Å². The number of amides is 1. The van der Waals surface area contributed by atoms with Crippen LogP contribution in [0.25, 0.3) is 0 Å². The summed E-state index contributed by atoms with van der Waals surface area (Å²) in [4.78, 5) is 14.2. The van der Waals surface area contributed by atoms with E-state index < -0.39 is 0 Å². The van der Waals surface area contributed by atoms with E-state index in [9.17, 15) is 4.79 Å². The number of nitrogens with zero attached hydrogens (tertiary/aromatic N) is 1. The van der Waals surface area contributed by atoms with Gasteiger partial charge in [-0.15, -0.1) is 0 Å². The number of benzene rings is 1. The SMILES string of the molecule is CN(C(=O)CCC(N)c1ccccc1)C1CCCCC1. The Labute approximate surface area is 122 Å². The van der Waals surface area contributed by atoms with Crippen molar-refractivity contribution in [2.75, 3.05) is 7.05 Å². The van der Waals surface area contributed by atoms with Crippen LogP contribution in [0.2, 0.25) is 0 Å². The van der Waals surface area contributed by atoms with Crippen LogP contribution in [0, 0.1) is 0 Å². The third-order valence-corrected chi connectivity index (χ3v) is 4.41. The van der Waals surface area contributed by atoms with Crippen LogP contribution in [0.1, 0.15) is 56.6 Å². The van der Waals surface area contributed by atoms with Crippen LogP contribution in [0.4, 0.5) is 0 Å². The molecule has 1 amide bonds. The zero-order valence-corrected chi connectivity index (χ0v) is 12.4. The fourth-order valence-electron chi connectivity index (χ4n) is 2.99. The first-order valence-corrected chi connectivity index (χ1v) is 7.74. The van der Waals surface area contributed by atoms with Gasteiger partial charge in [-0.05, 0) is 24.8 Å². The van der Waals surface area contributed by atoms with Crippen LogP contribution in [0.3, 0.4) is 0 Å². The van der Waals surface area contributed by atoms with Gasteiger partial charge < -0.3 is 10.6 Å². The quantitative estimate of drug-likeness (QED) is 0.896. The van der Waals surface area contributed by atoms with Crippen LogP contribution in [0.5, 0.6) is 0 Å². The number of nitrogens with two attached hydrogens (primary N) is 1. The summed E-state index contributed by atoms with van der Waals surface area (Å²) in [6.45, 7) is 0. The number of hydrogen-bond donors (Lipinski definition) is 1. The highest BCUT2D eigenvalue weighted by Gasteiger charge is 2.22. The van der Waals surface area contributed by atoms with Crippen LogP contribution < -0.4 is 5.73 Å². The third kappa shape index (κ3) is 4.07. The molecule has 1 saturated carbocycles. The van der Waals surface area contributed by atoms with Gasteiger partial charge in [0, 0.05) is 25.6 Å². The summed E-state index contributed by atoms with van der Waals surface area (Å²) < 4.78 is 0. The normalized spacial score (nSPS) is 17.7. The van der Waals surface area contributed by atoms with Gasteiger partial charge in [0.15, 0.2) is 0 Å². The first-order chi connectivity index (χ1) is 9.68. The van der Waals surface area contributed by atoms with Crippen LogP contribution in [-0.2, 0) is 4.79 Å². The van der Waals surface area contributed by atoms with Crippen LogP contribution in [0.15, 0.2) is 30.3 Å². The van der Waals surface area contributed by atoms with Gasteiger partial charge in [0.2, 0.25) is 5.91 Å². The monoisotopic (exact) mass is 274 g/mol. The van der Waals surface area contributed by atoms with E-state index in [1.54, 1.807) is 0 Å². The van der Waals surface area contributed by atoms with Crippen molar-refractivity contribution in [1.29, 1.82) is 0 Å². The molecule has 3 nitrogen and oxygen atoms in total. The fraction of sp³-hybridized carbons (Fsp3) is 0.588. The molecule has 0 spiro atoms. The lowest BCUT2D eigenvalue weighted by molar-refractivity contribution is -0.132.